The van der Waals surface area contributed by atoms with Crippen LogP contribution >= 0.6 is 0 Å². The molecule has 0 bridgehead atoms. The maximum Gasteiger partial charge on any atom is 0.488 e. The molecular formula is C10H12FNO4S. The van der Waals surface area contributed by atoms with E-state index in [0.717, 1.165) is 18.4 Å². The van der Waals surface area contributed by atoms with Crippen molar-refractivity contribution in [1.82, 2.24) is 0 Å². The highest BCUT2D eigenvalue weighted by molar-refractivity contribution is 7.81. The summed E-state index contributed by atoms with van der Waals surface area (Å²) in [5, 5.41) is 0. The van der Waals surface area contributed by atoms with Crippen LogP contribution in [-0.4, -0.2) is 14.5 Å². The third-order valence-electron chi connectivity index (χ3n) is 2.81. The molecule has 0 aliphatic heterocycles. The van der Waals surface area contributed by atoms with Crippen LogP contribution < -0.4 is 10.1 Å². The molecular weight excluding hydrogens is 249 g/mol. The van der Waals surface area contributed by atoms with Crippen molar-refractivity contribution < 1.29 is 21.3 Å². The normalized spacial score (nSPS) is 24.1. The second-order valence-corrected chi connectivity index (χ2v) is 4.93. The summed E-state index contributed by atoms with van der Waals surface area (Å²) in [5.74, 6) is 5.25. The predicted molar refractivity (Wildman–Crippen MR) is 58.1 cm³/mol. The standard InChI is InChI=1S/C10H12FNO4S/c11-17(13,14)16-9-3-1-2-7(4-9)8-5-10(6-8)15-12/h1-4,8,10H,5-6,12H2. The van der Waals surface area contributed by atoms with Gasteiger partial charge in [0, 0.05) is 0 Å². The zero-order valence-corrected chi connectivity index (χ0v) is 9.69. The van der Waals surface area contributed by atoms with E-state index in [1.165, 1.54) is 12.1 Å². The minimum absolute atomic E-state index is 0.0258. The Morgan fingerprint density at radius 1 is 1.35 bits per heavy atom. The number of benzene rings is 1. The molecule has 0 unspecified atom stereocenters. The van der Waals surface area contributed by atoms with Gasteiger partial charge in [-0.05, 0) is 36.5 Å². The van der Waals surface area contributed by atoms with Gasteiger partial charge in [0.15, 0.2) is 0 Å². The largest absolute Gasteiger partial charge is 0.488 e. The molecule has 2 N–H and O–H groups in total. The SMILES string of the molecule is NOC1CC(c2cccc(OS(=O)(=O)F)c2)C1. The average molecular weight is 261 g/mol. The fourth-order valence-corrected chi connectivity index (χ4v) is 2.22. The van der Waals surface area contributed by atoms with E-state index >= 15 is 0 Å². The highest BCUT2D eigenvalue weighted by Crippen LogP contribution is 2.39. The van der Waals surface area contributed by atoms with Crippen molar-refractivity contribution in [3.63, 3.8) is 0 Å². The molecule has 0 aromatic heterocycles. The zero-order chi connectivity index (χ0) is 12.5. The fourth-order valence-electron chi connectivity index (χ4n) is 1.88. The predicted octanol–water partition coefficient (Wildman–Crippen LogP) is 1.42. The fraction of sp³-hybridized carbons (Fsp3) is 0.400. The van der Waals surface area contributed by atoms with Gasteiger partial charge >= 0.3 is 10.5 Å². The molecule has 0 spiro atoms. The maximum absolute atomic E-state index is 12.3. The molecule has 0 radical (unpaired) electrons. The van der Waals surface area contributed by atoms with Crippen molar-refractivity contribution in [2.75, 3.05) is 0 Å². The molecule has 1 fully saturated rings. The van der Waals surface area contributed by atoms with Gasteiger partial charge in [-0.1, -0.05) is 16.0 Å². The second-order valence-electron chi connectivity index (χ2n) is 3.98. The maximum atomic E-state index is 12.3. The van der Waals surface area contributed by atoms with Gasteiger partial charge in [0.2, 0.25) is 0 Å². The molecule has 1 aliphatic rings. The van der Waals surface area contributed by atoms with Gasteiger partial charge in [0.25, 0.3) is 0 Å². The quantitative estimate of drug-likeness (QED) is 0.655. The summed E-state index contributed by atoms with van der Waals surface area (Å²) in [6.07, 6.45) is 1.57. The third kappa shape index (κ3) is 3.15. The van der Waals surface area contributed by atoms with Crippen LogP contribution in [0.3, 0.4) is 0 Å². The van der Waals surface area contributed by atoms with Crippen molar-refractivity contribution in [2.24, 2.45) is 5.90 Å². The highest BCUT2D eigenvalue weighted by atomic mass is 32.3. The average Bonchev–Trinajstić information content (AvgIpc) is 2.13. The van der Waals surface area contributed by atoms with Crippen molar-refractivity contribution in [2.45, 2.75) is 24.9 Å². The molecule has 0 saturated heterocycles. The van der Waals surface area contributed by atoms with Gasteiger partial charge in [-0.2, -0.15) is 8.42 Å². The van der Waals surface area contributed by atoms with Crippen molar-refractivity contribution >= 4 is 10.5 Å². The Bertz CT molecular complexity index is 499. The van der Waals surface area contributed by atoms with E-state index in [4.69, 9.17) is 5.90 Å². The van der Waals surface area contributed by atoms with Crippen LogP contribution in [0.2, 0.25) is 0 Å². The Balaban J connectivity index is 2.08. The molecule has 2 rings (SSSR count). The lowest BCUT2D eigenvalue weighted by atomic mass is 9.77. The molecule has 94 valence electrons. The van der Waals surface area contributed by atoms with E-state index in [1.807, 2.05) is 6.07 Å². The van der Waals surface area contributed by atoms with E-state index in [9.17, 15) is 12.3 Å². The first-order chi connectivity index (χ1) is 7.98. The lowest BCUT2D eigenvalue weighted by Gasteiger charge is -2.33. The molecule has 1 aromatic carbocycles. The van der Waals surface area contributed by atoms with Crippen LogP contribution in [0.4, 0.5) is 3.89 Å². The van der Waals surface area contributed by atoms with Gasteiger partial charge in [0.1, 0.15) is 5.75 Å². The summed E-state index contributed by atoms with van der Waals surface area (Å²) >= 11 is 0. The Morgan fingerprint density at radius 2 is 2.06 bits per heavy atom. The first-order valence-electron chi connectivity index (χ1n) is 5.07. The van der Waals surface area contributed by atoms with Crippen molar-refractivity contribution in [3.8, 4) is 5.75 Å². The molecule has 5 nitrogen and oxygen atoms in total. The first-order valence-corrected chi connectivity index (χ1v) is 6.38. The Kier molecular flexibility index (Phi) is 3.32. The summed E-state index contributed by atoms with van der Waals surface area (Å²) in [5.41, 5.74) is 0.888. The summed E-state index contributed by atoms with van der Waals surface area (Å²) in [7, 11) is -4.97. The first kappa shape index (κ1) is 12.3. The minimum atomic E-state index is -4.97. The van der Waals surface area contributed by atoms with E-state index in [2.05, 4.69) is 9.02 Å². The number of halogens is 1. The Morgan fingerprint density at radius 3 is 2.65 bits per heavy atom. The third-order valence-corrected chi connectivity index (χ3v) is 3.20. The lowest BCUT2D eigenvalue weighted by Crippen LogP contribution is -2.31. The van der Waals surface area contributed by atoms with Crippen LogP contribution in [0.1, 0.15) is 24.3 Å². The van der Waals surface area contributed by atoms with Crippen LogP contribution in [0.5, 0.6) is 5.75 Å². The van der Waals surface area contributed by atoms with Crippen LogP contribution in [0.15, 0.2) is 24.3 Å². The zero-order valence-electron chi connectivity index (χ0n) is 8.87. The number of hydrogen-bond donors (Lipinski definition) is 1. The van der Waals surface area contributed by atoms with Gasteiger partial charge in [-0.15, -0.1) is 0 Å². The Hall–Kier alpha value is -1.18. The molecule has 1 aliphatic carbocycles. The minimum Gasteiger partial charge on any atom is -0.358 e. The molecule has 7 heteroatoms. The summed E-state index contributed by atoms with van der Waals surface area (Å²) < 4.78 is 37.2. The van der Waals surface area contributed by atoms with Crippen LogP contribution in [0.25, 0.3) is 0 Å². The van der Waals surface area contributed by atoms with Crippen LogP contribution in [0, 0.1) is 0 Å². The van der Waals surface area contributed by atoms with E-state index in [0.29, 0.717) is 0 Å². The monoisotopic (exact) mass is 261 g/mol. The molecule has 0 atom stereocenters. The molecule has 1 aromatic rings. The van der Waals surface area contributed by atoms with E-state index in [1.54, 1.807) is 6.07 Å². The number of rotatable bonds is 4. The second kappa shape index (κ2) is 4.59. The van der Waals surface area contributed by atoms with Gasteiger partial charge < -0.3 is 9.02 Å². The topological polar surface area (TPSA) is 78.6 Å². The van der Waals surface area contributed by atoms with E-state index < -0.39 is 10.5 Å². The molecule has 0 heterocycles. The molecule has 1 saturated carbocycles. The summed E-state index contributed by atoms with van der Waals surface area (Å²) in [6.45, 7) is 0. The summed E-state index contributed by atoms with van der Waals surface area (Å²) in [4.78, 5) is 4.66. The summed E-state index contributed by atoms with van der Waals surface area (Å²) in [6, 6.07) is 6.34. The highest BCUT2D eigenvalue weighted by Gasteiger charge is 2.31. The Labute approximate surface area is 98.7 Å². The van der Waals surface area contributed by atoms with Gasteiger partial charge in [-0.3, -0.25) is 0 Å². The molecule has 0 amide bonds. The van der Waals surface area contributed by atoms with Gasteiger partial charge in [0.05, 0.1) is 6.10 Å². The van der Waals surface area contributed by atoms with E-state index in [-0.39, 0.29) is 17.8 Å². The number of nitrogens with two attached hydrogens (primary N) is 1. The van der Waals surface area contributed by atoms with Crippen LogP contribution in [-0.2, 0) is 15.3 Å². The smallest absolute Gasteiger partial charge is 0.358 e. The number of hydrogen-bond acceptors (Lipinski definition) is 5. The van der Waals surface area contributed by atoms with Crippen molar-refractivity contribution in [1.29, 1.82) is 0 Å². The van der Waals surface area contributed by atoms with Crippen molar-refractivity contribution in [3.05, 3.63) is 29.8 Å². The molecule has 17 heavy (non-hydrogen) atoms. The van der Waals surface area contributed by atoms with Gasteiger partial charge in [-0.25, -0.2) is 5.90 Å². The lowest BCUT2D eigenvalue weighted by molar-refractivity contribution is -0.0115.